The number of nitrogens with zero attached hydrogens (tertiary/aromatic N) is 3. The predicted molar refractivity (Wildman–Crippen MR) is 44.1 cm³/mol. The van der Waals surface area contributed by atoms with E-state index in [0.717, 1.165) is 3.70 Å². The second-order valence-electron chi connectivity index (χ2n) is 3.34. The fourth-order valence-corrected chi connectivity index (χ4v) is 4.36. The first-order chi connectivity index (χ1) is 6.01. The molecule has 0 aromatic carbocycles. The number of hydrogen-bond donors (Lipinski definition) is 0. The molecule has 0 spiro atoms. The summed E-state index contributed by atoms with van der Waals surface area (Å²) in [6, 6.07) is 0. The Hall–Kier alpha value is 0.340. The van der Waals surface area contributed by atoms with Gasteiger partial charge >= 0.3 is 101 Å². The second-order valence-corrected chi connectivity index (χ2v) is 10.7. The molecular weight excluding hydrogens is 392 g/mol. The summed E-state index contributed by atoms with van der Waals surface area (Å²) in [6.45, 7) is 10.4. The standard InChI is InChI=1S/C8H13I2N3/c1-5-9-7-6-13(12-11-7)10-8(2,3)4/h5-6H,1H2,2-4H3/q-2. The average molecular weight is 405 g/mol. The van der Waals surface area contributed by atoms with E-state index in [0.29, 0.717) is 3.42 Å². The minimum atomic E-state index is -0.105. The van der Waals surface area contributed by atoms with Gasteiger partial charge < -0.3 is 0 Å². The first kappa shape index (κ1) is 11.4. The summed E-state index contributed by atoms with van der Waals surface area (Å²) in [7, 11) is 0. The zero-order valence-electron chi connectivity index (χ0n) is 7.96. The minimum absolute atomic E-state index is 0.0807. The van der Waals surface area contributed by atoms with Crippen molar-refractivity contribution < 1.29 is 42.7 Å². The Balaban J connectivity index is 2.63. The predicted octanol–water partition coefficient (Wildman–Crippen LogP) is -4.67. The normalized spacial score (nSPS) is 12.2. The molecule has 0 aliphatic heterocycles. The van der Waals surface area contributed by atoms with Crippen molar-refractivity contribution in [1.29, 1.82) is 0 Å². The maximum absolute atomic E-state index is 4.12. The van der Waals surface area contributed by atoms with Gasteiger partial charge in [-0.15, -0.1) is 0 Å². The van der Waals surface area contributed by atoms with Gasteiger partial charge in [0.15, 0.2) is 0 Å². The van der Waals surface area contributed by atoms with Crippen molar-refractivity contribution in [2.24, 2.45) is 0 Å². The average Bonchev–Trinajstić information content (AvgIpc) is 2.33. The molecule has 0 bridgehead atoms. The van der Waals surface area contributed by atoms with Gasteiger partial charge in [-0.1, -0.05) is 0 Å². The third kappa shape index (κ3) is 4.39. The summed E-state index contributed by atoms with van der Waals surface area (Å²) < 4.78 is 5.48. The molecule has 0 unspecified atom stereocenters. The van der Waals surface area contributed by atoms with Gasteiger partial charge in [0.2, 0.25) is 0 Å². The van der Waals surface area contributed by atoms with Crippen LogP contribution in [0.5, 0.6) is 0 Å². The molecule has 1 aromatic heterocycles. The van der Waals surface area contributed by atoms with Crippen molar-refractivity contribution in [3.8, 4) is 0 Å². The third-order valence-electron chi connectivity index (χ3n) is 0.968. The maximum atomic E-state index is 4.12. The van der Waals surface area contributed by atoms with E-state index in [1.807, 2.05) is 6.98 Å². The van der Waals surface area contributed by atoms with Gasteiger partial charge in [-0.2, -0.15) is 0 Å². The summed E-state index contributed by atoms with van der Waals surface area (Å²) in [5, 5.41) is 8.22. The van der Waals surface area contributed by atoms with Crippen molar-refractivity contribution in [2.45, 2.75) is 24.2 Å². The van der Waals surface area contributed by atoms with E-state index in [4.69, 9.17) is 0 Å². The molecule has 1 aromatic rings. The van der Waals surface area contributed by atoms with Gasteiger partial charge in [-0.25, -0.2) is 0 Å². The molecule has 76 valence electrons. The van der Waals surface area contributed by atoms with E-state index in [1.54, 1.807) is 0 Å². The van der Waals surface area contributed by atoms with Gasteiger partial charge in [0, 0.05) is 0 Å². The molecule has 5 heteroatoms. The molecule has 0 saturated heterocycles. The monoisotopic (exact) mass is 405 g/mol. The van der Waals surface area contributed by atoms with Crippen LogP contribution in [-0.4, -0.2) is 16.6 Å². The summed E-state index contributed by atoms with van der Waals surface area (Å²) in [5.41, 5.74) is 0. The molecule has 0 saturated carbocycles. The molecule has 3 nitrogen and oxygen atoms in total. The Kier molecular flexibility index (Phi) is 4.14. The van der Waals surface area contributed by atoms with Crippen LogP contribution in [0.15, 0.2) is 16.9 Å². The van der Waals surface area contributed by atoms with Crippen LogP contribution in [-0.2, 0) is 0 Å². The molecular formula is C8H13I2N3-2. The summed E-state index contributed by atoms with van der Waals surface area (Å²) in [5.74, 6) is 0. The second kappa shape index (κ2) is 4.72. The van der Waals surface area contributed by atoms with Crippen LogP contribution in [0, 0.1) is 3.70 Å². The van der Waals surface area contributed by atoms with Gasteiger partial charge in [0.25, 0.3) is 0 Å². The topological polar surface area (TPSA) is 30.7 Å². The Bertz CT molecular complexity index is 288. The number of hydrogen-bond acceptors (Lipinski definition) is 2. The first-order valence-electron chi connectivity index (χ1n) is 3.84. The molecule has 1 heterocycles. The SMILES string of the molecule is C=C[I-]c1cn([I-]C(C)(C)C)nn1. The Morgan fingerprint density at radius 2 is 2.23 bits per heavy atom. The molecule has 0 radical (unpaired) electrons. The van der Waals surface area contributed by atoms with E-state index in [1.165, 1.54) is 0 Å². The van der Waals surface area contributed by atoms with E-state index >= 15 is 0 Å². The van der Waals surface area contributed by atoms with Crippen molar-refractivity contribution in [3.05, 3.63) is 20.6 Å². The Morgan fingerprint density at radius 3 is 2.77 bits per heavy atom. The molecule has 0 aliphatic rings. The van der Waals surface area contributed by atoms with Crippen LogP contribution < -0.4 is 42.7 Å². The molecule has 1 rings (SSSR count). The van der Waals surface area contributed by atoms with E-state index in [9.17, 15) is 0 Å². The molecule has 0 atom stereocenters. The van der Waals surface area contributed by atoms with Gasteiger partial charge in [-0.3, -0.25) is 0 Å². The number of alkyl halides is 1. The van der Waals surface area contributed by atoms with Crippen molar-refractivity contribution in [3.63, 3.8) is 0 Å². The summed E-state index contributed by atoms with van der Waals surface area (Å²) in [4.78, 5) is 0. The van der Waals surface area contributed by atoms with E-state index in [2.05, 4.69) is 43.9 Å². The van der Waals surface area contributed by atoms with Crippen LogP contribution in [0.3, 0.4) is 0 Å². The van der Waals surface area contributed by atoms with Gasteiger partial charge in [0.1, 0.15) is 0 Å². The van der Waals surface area contributed by atoms with Gasteiger partial charge in [0.05, 0.1) is 0 Å². The molecule has 0 fully saturated rings. The summed E-state index contributed by atoms with van der Waals surface area (Å²) >= 11 is -0.186. The third-order valence-corrected chi connectivity index (χ3v) is 4.95. The van der Waals surface area contributed by atoms with Crippen molar-refractivity contribution in [1.82, 2.24) is 13.2 Å². The van der Waals surface area contributed by atoms with Crippen LogP contribution >= 0.6 is 0 Å². The fourth-order valence-electron chi connectivity index (χ4n) is 0.655. The zero-order valence-corrected chi connectivity index (χ0v) is 12.3. The fraction of sp³-hybridized carbons (Fsp3) is 0.500. The molecule has 13 heavy (non-hydrogen) atoms. The van der Waals surface area contributed by atoms with Crippen LogP contribution in [0.25, 0.3) is 0 Å². The molecule has 0 N–H and O–H groups in total. The Labute approximate surface area is 99.9 Å². The van der Waals surface area contributed by atoms with Crippen LogP contribution in [0.4, 0.5) is 0 Å². The van der Waals surface area contributed by atoms with E-state index < -0.39 is 0 Å². The first-order valence-corrected chi connectivity index (χ1v) is 8.21. The Morgan fingerprint density at radius 1 is 1.54 bits per heavy atom. The van der Waals surface area contributed by atoms with Gasteiger partial charge in [-0.05, 0) is 0 Å². The number of aromatic nitrogens is 3. The summed E-state index contributed by atoms with van der Waals surface area (Å²) in [6.07, 6.45) is 2.08. The molecule has 0 aliphatic carbocycles. The van der Waals surface area contributed by atoms with E-state index in [-0.39, 0.29) is 42.7 Å². The number of halogens is 2. The van der Waals surface area contributed by atoms with Crippen molar-refractivity contribution in [2.75, 3.05) is 0 Å². The molecule has 0 amide bonds. The number of rotatable bonds is 3. The zero-order chi connectivity index (χ0) is 9.90. The quantitative estimate of drug-likeness (QED) is 0.374. The van der Waals surface area contributed by atoms with Crippen LogP contribution in [0.2, 0.25) is 0 Å². The van der Waals surface area contributed by atoms with Crippen LogP contribution in [0.1, 0.15) is 20.8 Å². The van der Waals surface area contributed by atoms with Crippen molar-refractivity contribution >= 4 is 0 Å².